The van der Waals surface area contributed by atoms with Crippen LogP contribution in [0.4, 0.5) is 0 Å². The van der Waals surface area contributed by atoms with Gasteiger partial charge in [0.15, 0.2) is 5.96 Å². The Morgan fingerprint density at radius 3 is 2.55 bits per heavy atom. The van der Waals surface area contributed by atoms with Gasteiger partial charge in [-0.25, -0.2) is 4.98 Å². The van der Waals surface area contributed by atoms with Gasteiger partial charge in [0.05, 0.1) is 24.9 Å². The molecule has 1 atom stereocenters. The highest BCUT2D eigenvalue weighted by atomic mass is 127. The Hall–Kier alpha value is -0.910. The summed E-state index contributed by atoms with van der Waals surface area (Å²) in [5, 5.41) is 6.90. The highest BCUT2D eigenvalue weighted by Gasteiger charge is 2.22. The highest BCUT2D eigenvalue weighted by molar-refractivity contribution is 14.0. The van der Waals surface area contributed by atoms with Crippen LogP contribution in [-0.4, -0.2) is 85.8 Å². The molecule has 2 aliphatic rings. The number of aromatic nitrogens is 1. The van der Waals surface area contributed by atoms with Crippen LogP contribution in [0.1, 0.15) is 51.0 Å². The van der Waals surface area contributed by atoms with E-state index in [-0.39, 0.29) is 30.1 Å². The minimum atomic E-state index is 0. The zero-order chi connectivity index (χ0) is 22.9. The molecule has 2 saturated heterocycles. The number of rotatable bonds is 9. The topological polar surface area (TPSA) is 78.2 Å². The molecule has 9 heteroatoms. The number of halogens is 1. The predicted molar refractivity (Wildman–Crippen MR) is 144 cm³/mol. The first-order chi connectivity index (χ1) is 15.4. The summed E-state index contributed by atoms with van der Waals surface area (Å²) in [5.74, 6) is 3.99. The number of morpholine rings is 1. The summed E-state index contributed by atoms with van der Waals surface area (Å²) in [6.45, 7) is 20.1. The molecule has 2 N–H and O–H groups in total. The second kappa shape index (κ2) is 14.5. The van der Waals surface area contributed by atoms with E-state index in [1.54, 1.807) is 0 Å². The number of nitrogens with one attached hydrogen (secondary N) is 2. The van der Waals surface area contributed by atoms with E-state index in [1.807, 2.05) is 13.8 Å². The van der Waals surface area contributed by atoms with E-state index >= 15 is 0 Å². The summed E-state index contributed by atoms with van der Waals surface area (Å²) >= 11 is 0. The maximum atomic E-state index is 5.98. The van der Waals surface area contributed by atoms with Gasteiger partial charge in [0.25, 0.3) is 0 Å². The number of aryl methyl sites for hydroxylation is 2. The number of oxazole rings is 1. The minimum Gasteiger partial charge on any atom is -0.444 e. The first-order valence-corrected chi connectivity index (χ1v) is 12.4. The van der Waals surface area contributed by atoms with Crippen molar-refractivity contribution in [3.05, 3.63) is 17.3 Å². The molecule has 33 heavy (non-hydrogen) atoms. The van der Waals surface area contributed by atoms with E-state index in [9.17, 15) is 0 Å². The molecule has 0 bridgehead atoms. The molecule has 1 aromatic rings. The highest BCUT2D eigenvalue weighted by Crippen LogP contribution is 2.20. The molecule has 190 valence electrons. The molecule has 0 aromatic carbocycles. The Kier molecular flexibility index (Phi) is 12.4. The van der Waals surface area contributed by atoms with Crippen LogP contribution < -0.4 is 10.6 Å². The summed E-state index contributed by atoms with van der Waals surface area (Å²) in [4.78, 5) is 14.4. The normalized spacial score (nSPS) is 21.3. The number of hydrogen-bond acceptors (Lipinski definition) is 6. The van der Waals surface area contributed by atoms with Gasteiger partial charge in [0.1, 0.15) is 5.76 Å². The van der Waals surface area contributed by atoms with Crippen LogP contribution in [0.3, 0.4) is 0 Å². The Morgan fingerprint density at radius 2 is 1.91 bits per heavy atom. The molecule has 3 heterocycles. The molecule has 0 aliphatic carbocycles. The molecule has 0 saturated carbocycles. The lowest BCUT2D eigenvalue weighted by Gasteiger charge is -2.34. The van der Waals surface area contributed by atoms with Crippen molar-refractivity contribution >= 4 is 29.9 Å². The molecule has 3 rings (SSSR count). The fourth-order valence-electron chi connectivity index (χ4n) is 4.48. The third kappa shape index (κ3) is 9.70. The van der Waals surface area contributed by atoms with Crippen LogP contribution in [-0.2, 0) is 11.3 Å². The average Bonchev–Trinajstić information content (AvgIpc) is 3.07. The van der Waals surface area contributed by atoms with Crippen LogP contribution in [0.2, 0.25) is 0 Å². The maximum absolute atomic E-state index is 5.98. The van der Waals surface area contributed by atoms with Crippen molar-refractivity contribution in [3.8, 4) is 0 Å². The van der Waals surface area contributed by atoms with E-state index in [2.05, 4.69) is 46.2 Å². The lowest BCUT2D eigenvalue weighted by molar-refractivity contribution is -0.0284. The standard InChI is InChI=1S/C24H44N6O2.HI/c1-6-25-24(27-14-22-16-30(11-12-31-22)15-18(2)3)26-13-21-7-9-29(10-8-21)17-23-28-19(4)20(5)32-23;/h18,21-22H,6-17H2,1-5H3,(H2,25,26,27);1H. The summed E-state index contributed by atoms with van der Waals surface area (Å²) in [6, 6.07) is 0. The lowest BCUT2D eigenvalue weighted by atomic mass is 9.97. The summed E-state index contributed by atoms with van der Waals surface area (Å²) in [6.07, 6.45) is 2.55. The van der Waals surface area contributed by atoms with Crippen molar-refractivity contribution in [1.82, 2.24) is 25.4 Å². The monoisotopic (exact) mass is 576 g/mol. The van der Waals surface area contributed by atoms with Crippen molar-refractivity contribution in [2.75, 3.05) is 59.0 Å². The van der Waals surface area contributed by atoms with Gasteiger partial charge >= 0.3 is 0 Å². The van der Waals surface area contributed by atoms with Crippen molar-refractivity contribution < 1.29 is 9.15 Å². The van der Waals surface area contributed by atoms with Gasteiger partial charge in [-0.15, -0.1) is 24.0 Å². The van der Waals surface area contributed by atoms with Gasteiger partial charge in [-0.05, 0) is 58.5 Å². The van der Waals surface area contributed by atoms with Gasteiger partial charge in [0, 0.05) is 39.3 Å². The van der Waals surface area contributed by atoms with Gasteiger partial charge in [-0.1, -0.05) is 13.8 Å². The Bertz CT molecular complexity index is 698. The molecular formula is C24H45IN6O2. The summed E-state index contributed by atoms with van der Waals surface area (Å²) in [5.41, 5.74) is 0.999. The molecule has 1 aromatic heterocycles. The number of guanidine groups is 1. The van der Waals surface area contributed by atoms with Crippen LogP contribution in [0.5, 0.6) is 0 Å². The molecule has 0 radical (unpaired) electrons. The number of nitrogens with zero attached hydrogens (tertiary/aromatic N) is 4. The number of likely N-dealkylation sites (tertiary alicyclic amines) is 1. The number of hydrogen-bond donors (Lipinski definition) is 2. The van der Waals surface area contributed by atoms with Crippen molar-refractivity contribution in [1.29, 1.82) is 0 Å². The molecule has 0 spiro atoms. The fourth-order valence-corrected chi connectivity index (χ4v) is 4.48. The van der Waals surface area contributed by atoms with E-state index < -0.39 is 0 Å². The average molecular weight is 577 g/mol. The Morgan fingerprint density at radius 1 is 1.15 bits per heavy atom. The third-order valence-corrected chi connectivity index (χ3v) is 6.33. The number of aliphatic imine (C=N–C) groups is 1. The van der Waals surface area contributed by atoms with Crippen molar-refractivity contribution in [2.45, 2.75) is 60.1 Å². The zero-order valence-corrected chi connectivity index (χ0v) is 23.6. The van der Waals surface area contributed by atoms with Gasteiger partial charge in [-0.2, -0.15) is 0 Å². The minimum absolute atomic E-state index is 0. The second-order valence-corrected chi connectivity index (χ2v) is 9.72. The first-order valence-electron chi connectivity index (χ1n) is 12.4. The van der Waals surface area contributed by atoms with Crippen LogP contribution in [0, 0.1) is 25.7 Å². The molecule has 2 fully saturated rings. The predicted octanol–water partition coefficient (Wildman–Crippen LogP) is 3.03. The Balaban J connectivity index is 0.00000385. The van der Waals surface area contributed by atoms with Crippen LogP contribution >= 0.6 is 24.0 Å². The zero-order valence-electron chi connectivity index (χ0n) is 21.2. The van der Waals surface area contributed by atoms with Crippen LogP contribution in [0.15, 0.2) is 9.41 Å². The smallest absolute Gasteiger partial charge is 0.208 e. The summed E-state index contributed by atoms with van der Waals surface area (Å²) < 4.78 is 11.7. The van der Waals surface area contributed by atoms with E-state index in [1.165, 1.54) is 0 Å². The number of ether oxygens (including phenoxy) is 1. The molecule has 2 aliphatic heterocycles. The van der Waals surface area contributed by atoms with Gasteiger partial charge in [0.2, 0.25) is 5.89 Å². The first kappa shape index (κ1) is 28.3. The Labute approximate surface area is 217 Å². The van der Waals surface area contributed by atoms with E-state index in [0.29, 0.717) is 11.8 Å². The molecule has 1 unspecified atom stereocenters. The second-order valence-electron chi connectivity index (χ2n) is 9.72. The lowest BCUT2D eigenvalue weighted by Crippen LogP contribution is -2.50. The molecule has 8 nitrogen and oxygen atoms in total. The molecular weight excluding hydrogens is 531 g/mol. The largest absolute Gasteiger partial charge is 0.444 e. The quantitative estimate of drug-likeness (QED) is 0.266. The van der Waals surface area contributed by atoms with E-state index in [0.717, 1.165) is 102 Å². The van der Waals surface area contributed by atoms with Gasteiger partial charge < -0.3 is 19.8 Å². The van der Waals surface area contributed by atoms with Crippen LogP contribution in [0.25, 0.3) is 0 Å². The SMILES string of the molecule is CCNC(=NCC1CCN(Cc2nc(C)c(C)o2)CC1)NCC1CN(CC(C)C)CCO1.I. The van der Waals surface area contributed by atoms with E-state index in [4.69, 9.17) is 14.1 Å². The molecule has 0 amide bonds. The van der Waals surface area contributed by atoms with Crippen molar-refractivity contribution in [3.63, 3.8) is 0 Å². The summed E-state index contributed by atoms with van der Waals surface area (Å²) in [7, 11) is 0. The van der Waals surface area contributed by atoms with Gasteiger partial charge in [-0.3, -0.25) is 14.8 Å². The fraction of sp³-hybridized carbons (Fsp3) is 0.833. The number of piperidine rings is 1. The maximum Gasteiger partial charge on any atom is 0.208 e. The van der Waals surface area contributed by atoms with Crippen molar-refractivity contribution in [2.24, 2.45) is 16.8 Å². The third-order valence-electron chi connectivity index (χ3n) is 6.33.